The van der Waals surface area contributed by atoms with E-state index in [4.69, 9.17) is 22.3 Å². The van der Waals surface area contributed by atoms with Gasteiger partial charge in [0.25, 0.3) is 0 Å². The largest absolute Gasteiger partial charge is 0.478 e. The van der Waals surface area contributed by atoms with Gasteiger partial charge in [0.05, 0.1) is 10.5 Å². The second kappa shape index (κ2) is 5.21. The number of rotatable bonds is 3. The van der Waals surface area contributed by atoms with Gasteiger partial charge in [0.1, 0.15) is 17.5 Å². The van der Waals surface area contributed by atoms with Crippen molar-refractivity contribution < 1.29 is 14.3 Å². The number of anilines is 3. The Morgan fingerprint density at radius 3 is 2.30 bits per heavy atom. The lowest BCUT2D eigenvalue weighted by atomic mass is 10.2. The van der Waals surface area contributed by atoms with Crippen molar-refractivity contribution >= 4 is 35.1 Å². The summed E-state index contributed by atoms with van der Waals surface area (Å²) in [5.74, 6) is -1.66. The Kier molecular flexibility index (Phi) is 3.61. The van der Waals surface area contributed by atoms with Crippen LogP contribution in [-0.2, 0) is 0 Å². The van der Waals surface area contributed by atoms with Gasteiger partial charge in [0.2, 0.25) is 0 Å². The van der Waals surface area contributed by atoms with Crippen molar-refractivity contribution in [3.8, 4) is 0 Å². The molecule has 0 radical (unpaired) electrons. The summed E-state index contributed by atoms with van der Waals surface area (Å²) in [5.41, 5.74) is 16.1. The molecule has 0 amide bonds. The normalized spacial score (nSPS) is 10.4. The summed E-state index contributed by atoms with van der Waals surface area (Å²) in [6.45, 7) is 0. The standard InChI is InChI=1S/C11H10FN5O2S/c12-5-2-6(13)4(10(18)19)1-7(5)20-11-16-8(14)3-9(15)17-11/h1-3H,13H2,(H,18,19)(H4,14,15,16,17). The van der Waals surface area contributed by atoms with E-state index in [1.54, 1.807) is 0 Å². The molecule has 0 aliphatic heterocycles. The maximum Gasteiger partial charge on any atom is 0.337 e. The SMILES string of the molecule is Nc1cc(N)nc(Sc2cc(C(=O)O)c(N)cc2F)n1. The molecule has 0 atom stereocenters. The van der Waals surface area contributed by atoms with Crippen LogP contribution in [0, 0.1) is 5.82 Å². The number of hydrogen-bond acceptors (Lipinski definition) is 7. The van der Waals surface area contributed by atoms with Gasteiger partial charge in [0.15, 0.2) is 5.16 Å². The lowest BCUT2D eigenvalue weighted by molar-refractivity contribution is 0.0697. The molecule has 9 heteroatoms. The van der Waals surface area contributed by atoms with Crippen LogP contribution in [0.2, 0.25) is 0 Å². The number of benzene rings is 1. The van der Waals surface area contributed by atoms with Crippen molar-refractivity contribution in [2.24, 2.45) is 0 Å². The highest BCUT2D eigenvalue weighted by atomic mass is 32.2. The predicted molar refractivity (Wildman–Crippen MR) is 72.8 cm³/mol. The Labute approximate surface area is 117 Å². The molecular weight excluding hydrogens is 285 g/mol. The first-order valence-electron chi connectivity index (χ1n) is 5.27. The Bertz CT molecular complexity index is 675. The van der Waals surface area contributed by atoms with Crippen LogP contribution in [0.25, 0.3) is 0 Å². The molecule has 0 fully saturated rings. The zero-order valence-corrected chi connectivity index (χ0v) is 10.8. The van der Waals surface area contributed by atoms with Gasteiger partial charge in [0, 0.05) is 11.8 Å². The van der Waals surface area contributed by atoms with Gasteiger partial charge < -0.3 is 22.3 Å². The number of nitrogens with two attached hydrogens (primary N) is 3. The van der Waals surface area contributed by atoms with Crippen molar-refractivity contribution in [3.05, 3.63) is 29.6 Å². The molecule has 0 unspecified atom stereocenters. The molecule has 0 aliphatic rings. The Balaban J connectivity index is 2.42. The van der Waals surface area contributed by atoms with Gasteiger partial charge in [-0.3, -0.25) is 0 Å². The molecule has 0 bridgehead atoms. The van der Waals surface area contributed by atoms with Crippen molar-refractivity contribution in [2.75, 3.05) is 17.2 Å². The van der Waals surface area contributed by atoms with Crippen molar-refractivity contribution in [3.63, 3.8) is 0 Å². The van der Waals surface area contributed by atoms with Gasteiger partial charge in [-0.05, 0) is 23.9 Å². The number of carboxylic acid groups (broad SMARTS) is 1. The minimum absolute atomic E-state index is 0.0154. The second-order valence-electron chi connectivity index (χ2n) is 3.78. The third kappa shape index (κ3) is 2.88. The first kappa shape index (κ1) is 13.9. The fourth-order valence-electron chi connectivity index (χ4n) is 1.44. The van der Waals surface area contributed by atoms with Crippen molar-refractivity contribution in [1.29, 1.82) is 0 Å². The lowest BCUT2D eigenvalue weighted by Crippen LogP contribution is -2.04. The van der Waals surface area contributed by atoms with E-state index in [1.807, 2.05) is 0 Å². The highest BCUT2D eigenvalue weighted by molar-refractivity contribution is 7.99. The molecular formula is C11H10FN5O2S. The van der Waals surface area contributed by atoms with Gasteiger partial charge in [-0.1, -0.05) is 0 Å². The third-order valence-corrected chi connectivity index (χ3v) is 3.18. The minimum atomic E-state index is -1.25. The van der Waals surface area contributed by atoms with Crippen LogP contribution < -0.4 is 17.2 Å². The first-order chi connectivity index (χ1) is 9.36. The van der Waals surface area contributed by atoms with Gasteiger partial charge >= 0.3 is 5.97 Å². The molecule has 0 spiro atoms. The summed E-state index contributed by atoms with van der Waals surface area (Å²) in [6.07, 6.45) is 0. The Morgan fingerprint density at radius 2 is 1.75 bits per heavy atom. The van der Waals surface area contributed by atoms with Crippen LogP contribution in [-0.4, -0.2) is 21.0 Å². The molecule has 1 aromatic heterocycles. The van der Waals surface area contributed by atoms with Crippen LogP contribution in [0.1, 0.15) is 10.4 Å². The molecule has 0 saturated carbocycles. The van der Waals surface area contributed by atoms with E-state index >= 15 is 0 Å². The zero-order valence-electron chi connectivity index (χ0n) is 10.0. The molecule has 2 aromatic rings. The van der Waals surface area contributed by atoms with E-state index in [9.17, 15) is 9.18 Å². The Hall–Kier alpha value is -2.55. The summed E-state index contributed by atoms with van der Waals surface area (Å²) >= 11 is 0.807. The third-order valence-electron chi connectivity index (χ3n) is 2.28. The van der Waals surface area contributed by atoms with E-state index in [2.05, 4.69) is 9.97 Å². The van der Waals surface area contributed by atoms with Gasteiger partial charge in [-0.2, -0.15) is 0 Å². The fraction of sp³-hybridized carbons (Fsp3) is 0. The van der Waals surface area contributed by atoms with E-state index in [1.165, 1.54) is 6.07 Å². The highest BCUT2D eigenvalue weighted by Gasteiger charge is 2.15. The zero-order chi connectivity index (χ0) is 14.9. The number of carboxylic acids is 1. The molecule has 0 aliphatic carbocycles. The lowest BCUT2D eigenvalue weighted by Gasteiger charge is -2.07. The van der Waals surface area contributed by atoms with Gasteiger partial charge in [-0.15, -0.1) is 0 Å². The van der Waals surface area contributed by atoms with E-state index in [0.717, 1.165) is 23.9 Å². The molecule has 2 rings (SSSR count). The monoisotopic (exact) mass is 295 g/mol. The minimum Gasteiger partial charge on any atom is -0.478 e. The maximum absolute atomic E-state index is 13.8. The number of nitrogen functional groups attached to an aromatic ring is 3. The summed E-state index contributed by atoms with van der Waals surface area (Å²) in [6, 6.07) is 3.40. The predicted octanol–water partition coefficient (Wildman–Crippen LogP) is 1.21. The molecule has 7 nitrogen and oxygen atoms in total. The van der Waals surface area contributed by atoms with E-state index < -0.39 is 11.8 Å². The summed E-state index contributed by atoms with van der Waals surface area (Å²) in [4.78, 5) is 18.7. The number of nitrogens with zero attached hydrogens (tertiary/aromatic N) is 2. The Morgan fingerprint density at radius 1 is 1.15 bits per heavy atom. The topological polar surface area (TPSA) is 141 Å². The van der Waals surface area contributed by atoms with Crippen molar-refractivity contribution in [2.45, 2.75) is 10.1 Å². The average molecular weight is 295 g/mol. The molecule has 7 N–H and O–H groups in total. The maximum atomic E-state index is 13.8. The molecule has 0 saturated heterocycles. The fourth-order valence-corrected chi connectivity index (χ4v) is 2.27. The summed E-state index contributed by atoms with van der Waals surface area (Å²) < 4.78 is 13.8. The smallest absolute Gasteiger partial charge is 0.337 e. The molecule has 20 heavy (non-hydrogen) atoms. The number of hydrogen-bond donors (Lipinski definition) is 4. The first-order valence-corrected chi connectivity index (χ1v) is 6.08. The number of carbonyl (C=O) groups is 1. The quantitative estimate of drug-likeness (QED) is 0.489. The van der Waals surface area contributed by atoms with Crippen LogP contribution in [0.4, 0.5) is 21.7 Å². The second-order valence-corrected chi connectivity index (χ2v) is 4.79. The van der Waals surface area contributed by atoms with Crippen molar-refractivity contribution in [1.82, 2.24) is 9.97 Å². The van der Waals surface area contributed by atoms with Crippen LogP contribution in [0.15, 0.2) is 28.3 Å². The summed E-state index contributed by atoms with van der Waals surface area (Å²) in [5, 5.41) is 9.07. The number of aromatic carboxylic acids is 1. The highest BCUT2D eigenvalue weighted by Crippen LogP contribution is 2.31. The van der Waals surface area contributed by atoms with Crippen LogP contribution >= 0.6 is 11.8 Å². The van der Waals surface area contributed by atoms with Crippen LogP contribution in [0.5, 0.6) is 0 Å². The number of aromatic nitrogens is 2. The molecule has 104 valence electrons. The van der Waals surface area contributed by atoms with Crippen LogP contribution in [0.3, 0.4) is 0 Å². The molecule has 1 heterocycles. The summed E-state index contributed by atoms with van der Waals surface area (Å²) in [7, 11) is 0. The average Bonchev–Trinajstić information content (AvgIpc) is 2.30. The van der Waals surface area contributed by atoms with Gasteiger partial charge in [-0.25, -0.2) is 19.2 Å². The number of halogens is 1. The van der Waals surface area contributed by atoms with E-state index in [-0.39, 0.29) is 32.9 Å². The molecule has 1 aromatic carbocycles. The van der Waals surface area contributed by atoms with E-state index in [0.29, 0.717) is 0 Å².